The van der Waals surface area contributed by atoms with E-state index in [4.69, 9.17) is 0 Å². The minimum absolute atomic E-state index is 0.0148. The maximum Gasteiger partial charge on any atom is 0.270 e. The first-order chi connectivity index (χ1) is 16.9. The van der Waals surface area contributed by atoms with Gasteiger partial charge in [0.25, 0.3) is 5.56 Å². The zero-order valence-corrected chi connectivity index (χ0v) is 19.8. The van der Waals surface area contributed by atoms with E-state index in [2.05, 4.69) is 15.3 Å². The number of hydrogen-bond donors (Lipinski definition) is 1. The lowest BCUT2D eigenvalue weighted by molar-refractivity contribution is 0.329. The Balaban J connectivity index is 1.34. The Hall–Kier alpha value is -3.36. The smallest absolute Gasteiger partial charge is 0.270 e. The molecule has 2 aliphatic rings. The lowest BCUT2D eigenvalue weighted by atomic mass is 10.1. The Labute approximate surface area is 202 Å². The number of rotatable bonds is 5. The SMILES string of the molecule is N#Cc1cc2cnc(NC3CCN(S(=O)(=O)c4ccc(F)cc4)CC3)nc2n(C2CCCC2)c1=O. The van der Waals surface area contributed by atoms with Gasteiger partial charge in [0.2, 0.25) is 16.0 Å². The van der Waals surface area contributed by atoms with E-state index in [1.165, 1.54) is 22.5 Å². The third kappa shape index (κ3) is 4.51. The maximum absolute atomic E-state index is 13.2. The summed E-state index contributed by atoms with van der Waals surface area (Å²) >= 11 is 0. The van der Waals surface area contributed by atoms with Crippen molar-refractivity contribution in [1.29, 1.82) is 5.26 Å². The number of halogens is 1. The molecular formula is C24H25FN6O3S. The van der Waals surface area contributed by atoms with Crippen LogP contribution in [-0.4, -0.2) is 46.4 Å². The number of anilines is 1. The fraction of sp³-hybridized carbons (Fsp3) is 0.417. The van der Waals surface area contributed by atoms with Crippen molar-refractivity contribution in [3.05, 3.63) is 58.3 Å². The molecule has 35 heavy (non-hydrogen) atoms. The highest BCUT2D eigenvalue weighted by molar-refractivity contribution is 7.89. The molecule has 1 saturated heterocycles. The normalized spacial score (nSPS) is 18.1. The minimum Gasteiger partial charge on any atom is -0.351 e. The number of nitriles is 1. The van der Waals surface area contributed by atoms with Gasteiger partial charge in [-0.2, -0.15) is 14.6 Å². The largest absolute Gasteiger partial charge is 0.351 e. The zero-order valence-electron chi connectivity index (χ0n) is 19.0. The predicted octanol–water partition coefficient (Wildman–Crippen LogP) is 3.18. The summed E-state index contributed by atoms with van der Waals surface area (Å²) in [6.45, 7) is 0.618. The van der Waals surface area contributed by atoms with Crippen LogP contribution in [0.25, 0.3) is 11.0 Å². The second-order valence-electron chi connectivity index (χ2n) is 9.03. The number of fused-ring (bicyclic) bond motifs is 1. The summed E-state index contributed by atoms with van der Waals surface area (Å²) in [6.07, 6.45) is 6.52. The molecule has 9 nitrogen and oxygen atoms in total. The lowest BCUT2D eigenvalue weighted by Crippen LogP contribution is -2.42. The standard InChI is InChI=1S/C24H25FN6O3S/c25-18-5-7-21(8-6-18)35(33,34)30-11-9-19(10-12-30)28-24-27-15-17-13-16(14-26)23(32)31(22(17)29-24)20-3-1-2-4-20/h5-8,13,15,19-20H,1-4,9-12H2,(H,27,28,29). The van der Waals surface area contributed by atoms with Gasteiger partial charge in [-0.25, -0.2) is 17.8 Å². The van der Waals surface area contributed by atoms with Crippen molar-refractivity contribution in [2.24, 2.45) is 0 Å². The monoisotopic (exact) mass is 496 g/mol. The molecule has 5 rings (SSSR count). The van der Waals surface area contributed by atoms with Crippen LogP contribution in [0.15, 0.2) is 46.2 Å². The second kappa shape index (κ2) is 9.36. The molecule has 2 aromatic heterocycles. The van der Waals surface area contributed by atoms with Gasteiger partial charge in [0, 0.05) is 36.8 Å². The summed E-state index contributed by atoms with van der Waals surface area (Å²) in [7, 11) is -3.69. The minimum atomic E-state index is -3.69. The average Bonchev–Trinajstić information content (AvgIpc) is 3.39. The highest BCUT2D eigenvalue weighted by Gasteiger charge is 2.30. The molecule has 0 spiro atoms. The molecule has 1 aliphatic heterocycles. The maximum atomic E-state index is 13.2. The predicted molar refractivity (Wildman–Crippen MR) is 128 cm³/mol. The van der Waals surface area contributed by atoms with Gasteiger partial charge < -0.3 is 5.32 Å². The van der Waals surface area contributed by atoms with Gasteiger partial charge in [-0.05, 0) is 56.0 Å². The molecule has 11 heteroatoms. The topological polar surface area (TPSA) is 121 Å². The molecule has 3 heterocycles. The van der Waals surface area contributed by atoms with Crippen LogP contribution < -0.4 is 10.9 Å². The van der Waals surface area contributed by atoms with Crippen LogP contribution in [0.3, 0.4) is 0 Å². The number of hydrogen-bond acceptors (Lipinski definition) is 7. The van der Waals surface area contributed by atoms with Crippen LogP contribution >= 0.6 is 0 Å². The third-order valence-electron chi connectivity index (χ3n) is 6.82. The molecule has 0 radical (unpaired) electrons. The van der Waals surface area contributed by atoms with E-state index in [0.29, 0.717) is 42.9 Å². The first-order valence-corrected chi connectivity index (χ1v) is 13.2. The van der Waals surface area contributed by atoms with Gasteiger partial charge in [0.1, 0.15) is 23.1 Å². The Kier molecular flexibility index (Phi) is 6.25. The molecule has 182 valence electrons. The summed E-state index contributed by atoms with van der Waals surface area (Å²) in [5.41, 5.74) is 0.272. The molecule has 2 fully saturated rings. The average molecular weight is 497 g/mol. The molecule has 0 atom stereocenters. The van der Waals surface area contributed by atoms with E-state index in [0.717, 1.165) is 37.8 Å². The fourth-order valence-corrected chi connectivity index (χ4v) is 6.42. The zero-order chi connectivity index (χ0) is 24.6. The van der Waals surface area contributed by atoms with Gasteiger partial charge in [0.05, 0.1) is 4.90 Å². The quantitative estimate of drug-likeness (QED) is 0.576. The first-order valence-electron chi connectivity index (χ1n) is 11.7. The summed E-state index contributed by atoms with van der Waals surface area (Å²) in [5, 5.41) is 13.3. The van der Waals surface area contributed by atoms with Crippen LogP contribution in [0.4, 0.5) is 10.3 Å². The van der Waals surface area contributed by atoms with Crippen molar-refractivity contribution >= 4 is 27.0 Å². The fourth-order valence-electron chi connectivity index (χ4n) is 4.95. The van der Waals surface area contributed by atoms with Gasteiger partial charge in [-0.1, -0.05) is 12.8 Å². The number of sulfonamides is 1. The van der Waals surface area contributed by atoms with Crippen LogP contribution in [0.5, 0.6) is 0 Å². The molecular weight excluding hydrogens is 471 g/mol. The van der Waals surface area contributed by atoms with Crippen LogP contribution in [0.2, 0.25) is 0 Å². The highest BCUT2D eigenvalue weighted by atomic mass is 32.2. The molecule has 3 aromatic rings. The van der Waals surface area contributed by atoms with E-state index in [1.807, 2.05) is 6.07 Å². The molecule has 0 bridgehead atoms. The number of nitrogens with zero attached hydrogens (tertiary/aromatic N) is 5. The number of aromatic nitrogens is 3. The Morgan fingerprint density at radius 1 is 1.09 bits per heavy atom. The lowest BCUT2D eigenvalue weighted by Gasteiger charge is -2.31. The number of piperidine rings is 1. The Bertz CT molecular complexity index is 1450. The first kappa shape index (κ1) is 23.4. The summed E-state index contributed by atoms with van der Waals surface area (Å²) < 4.78 is 42.0. The van der Waals surface area contributed by atoms with Crippen molar-refractivity contribution in [3.63, 3.8) is 0 Å². The number of pyridine rings is 1. The third-order valence-corrected chi connectivity index (χ3v) is 8.73. The van der Waals surface area contributed by atoms with Crippen LogP contribution in [0, 0.1) is 17.1 Å². The van der Waals surface area contributed by atoms with Gasteiger partial charge in [0.15, 0.2) is 0 Å². The van der Waals surface area contributed by atoms with E-state index < -0.39 is 15.8 Å². The Morgan fingerprint density at radius 3 is 2.43 bits per heavy atom. The number of benzene rings is 1. The van der Waals surface area contributed by atoms with E-state index in [1.54, 1.807) is 10.8 Å². The van der Waals surface area contributed by atoms with Crippen LogP contribution in [-0.2, 0) is 10.0 Å². The van der Waals surface area contributed by atoms with Gasteiger partial charge >= 0.3 is 0 Å². The summed E-state index contributed by atoms with van der Waals surface area (Å²) in [5.74, 6) is -0.113. The summed E-state index contributed by atoms with van der Waals surface area (Å²) in [4.78, 5) is 22.0. The molecule has 1 N–H and O–H groups in total. The Morgan fingerprint density at radius 2 is 1.77 bits per heavy atom. The molecule has 0 amide bonds. The van der Waals surface area contributed by atoms with E-state index in [9.17, 15) is 22.9 Å². The highest BCUT2D eigenvalue weighted by Crippen LogP contribution is 2.31. The van der Waals surface area contributed by atoms with Crippen molar-refractivity contribution in [2.45, 2.75) is 55.5 Å². The summed E-state index contributed by atoms with van der Waals surface area (Å²) in [6, 6.07) is 8.33. The van der Waals surface area contributed by atoms with Crippen molar-refractivity contribution < 1.29 is 12.8 Å². The van der Waals surface area contributed by atoms with Crippen molar-refractivity contribution in [1.82, 2.24) is 18.8 Å². The van der Waals surface area contributed by atoms with E-state index in [-0.39, 0.29) is 28.1 Å². The second-order valence-corrected chi connectivity index (χ2v) is 11.0. The van der Waals surface area contributed by atoms with Crippen molar-refractivity contribution in [3.8, 4) is 6.07 Å². The molecule has 0 unspecified atom stereocenters. The number of nitrogens with one attached hydrogen (secondary N) is 1. The van der Waals surface area contributed by atoms with Crippen molar-refractivity contribution in [2.75, 3.05) is 18.4 Å². The molecule has 1 aliphatic carbocycles. The van der Waals surface area contributed by atoms with E-state index >= 15 is 0 Å². The molecule has 1 aromatic carbocycles. The van der Waals surface area contributed by atoms with Crippen LogP contribution in [0.1, 0.15) is 50.1 Å². The van der Waals surface area contributed by atoms with Gasteiger partial charge in [-0.15, -0.1) is 0 Å². The van der Waals surface area contributed by atoms with Gasteiger partial charge in [-0.3, -0.25) is 9.36 Å². The molecule has 1 saturated carbocycles.